The Bertz CT molecular complexity index is 199. The number of hydrogen-bond donors (Lipinski definition) is 1. The summed E-state index contributed by atoms with van der Waals surface area (Å²) in [5, 5.41) is 3.40. The standard InChI is InChI=1S/C11H21NO2.ClH/c1-5-14-11(13)10-7(2)6-8(3)12-9(10)4;/h7-10,12H,5-6H2,1-4H3;1H. The van der Waals surface area contributed by atoms with E-state index in [0.29, 0.717) is 18.6 Å². The summed E-state index contributed by atoms with van der Waals surface area (Å²) in [5.41, 5.74) is 0. The van der Waals surface area contributed by atoms with E-state index in [1.165, 1.54) is 0 Å². The molecule has 4 unspecified atom stereocenters. The number of rotatable bonds is 2. The van der Waals surface area contributed by atoms with Gasteiger partial charge in [0, 0.05) is 12.1 Å². The van der Waals surface area contributed by atoms with Crippen molar-refractivity contribution in [2.45, 2.75) is 46.2 Å². The first-order chi connectivity index (χ1) is 6.56. The third-order valence-electron chi connectivity index (χ3n) is 2.98. The van der Waals surface area contributed by atoms with Gasteiger partial charge in [0.05, 0.1) is 12.5 Å². The van der Waals surface area contributed by atoms with Crippen molar-refractivity contribution in [1.29, 1.82) is 0 Å². The molecule has 1 heterocycles. The van der Waals surface area contributed by atoms with Gasteiger partial charge in [0.15, 0.2) is 0 Å². The van der Waals surface area contributed by atoms with Gasteiger partial charge in [-0.05, 0) is 33.1 Å². The van der Waals surface area contributed by atoms with Crippen LogP contribution in [0.4, 0.5) is 0 Å². The van der Waals surface area contributed by atoms with E-state index in [-0.39, 0.29) is 30.3 Å². The fourth-order valence-electron chi connectivity index (χ4n) is 2.49. The molecule has 1 N–H and O–H groups in total. The van der Waals surface area contributed by atoms with Crippen LogP contribution in [0, 0.1) is 11.8 Å². The van der Waals surface area contributed by atoms with Gasteiger partial charge in [0.2, 0.25) is 0 Å². The lowest BCUT2D eigenvalue weighted by Gasteiger charge is -2.37. The molecule has 15 heavy (non-hydrogen) atoms. The van der Waals surface area contributed by atoms with Crippen LogP contribution in [0.3, 0.4) is 0 Å². The first-order valence-corrected chi connectivity index (χ1v) is 5.49. The van der Waals surface area contributed by atoms with Crippen molar-refractivity contribution in [2.24, 2.45) is 11.8 Å². The zero-order valence-corrected chi connectivity index (χ0v) is 10.8. The van der Waals surface area contributed by atoms with Gasteiger partial charge < -0.3 is 10.1 Å². The second-order valence-electron chi connectivity index (χ2n) is 4.35. The highest BCUT2D eigenvalue weighted by Crippen LogP contribution is 2.27. The van der Waals surface area contributed by atoms with Gasteiger partial charge in [0.25, 0.3) is 0 Å². The number of nitrogens with one attached hydrogen (secondary N) is 1. The lowest BCUT2D eigenvalue weighted by Crippen LogP contribution is -2.51. The van der Waals surface area contributed by atoms with Crippen molar-refractivity contribution in [2.75, 3.05) is 6.61 Å². The fourth-order valence-corrected chi connectivity index (χ4v) is 2.49. The van der Waals surface area contributed by atoms with Crippen molar-refractivity contribution < 1.29 is 9.53 Å². The number of esters is 1. The molecule has 1 aliphatic heterocycles. The zero-order chi connectivity index (χ0) is 10.7. The minimum atomic E-state index is -0.0492. The summed E-state index contributed by atoms with van der Waals surface area (Å²) in [4.78, 5) is 11.7. The minimum absolute atomic E-state index is 0. The Morgan fingerprint density at radius 3 is 2.47 bits per heavy atom. The molecule has 90 valence electrons. The number of carbonyl (C=O) groups excluding carboxylic acids is 1. The van der Waals surface area contributed by atoms with Crippen molar-refractivity contribution in [3.05, 3.63) is 0 Å². The predicted octanol–water partition coefficient (Wildman–Crippen LogP) is 1.99. The summed E-state index contributed by atoms with van der Waals surface area (Å²) in [6.45, 7) is 8.69. The number of hydrogen-bond acceptors (Lipinski definition) is 3. The van der Waals surface area contributed by atoms with Crippen LogP contribution in [0.15, 0.2) is 0 Å². The molecule has 1 fully saturated rings. The van der Waals surface area contributed by atoms with Crippen LogP contribution in [0.1, 0.15) is 34.1 Å². The van der Waals surface area contributed by atoms with Crippen molar-refractivity contribution in [3.63, 3.8) is 0 Å². The van der Waals surface area contributed by atoms with Gasteiger partial charge >= 0.3 is 5.97 Å². The Morgan fingerprint density at radius 1 is 1.40 bits per heavy atom. The van der Waals surface area contributed by atoms with Gasteiger partial charge in [-0.15, -0.1) is 12.4 Å². The van der Waals surface area contributed by atoms with Crippen molar-refractivity contribution in [1.82, 2.24) is 5.32 Å². The molecule has 1 saturated heterocycles. The molecule has 0 amide bonds. The molecule has 3 nitrogen and oxygen atoms in total. The van der Waals surface area contributed by atoms with Gasteiger partial charge in [-0.3, -0.25) is 4.79 Å². The van der Waals surface area contributed by atoms with E-state index < -0.39 is 0 Å². The van der Waals surface area contributed by atoms with Crippen LogP contribution in [0.5, 0.6) is 0 Å². The topological polar surface area (TPSA) is 38.3 Å². The van der Waals surface area contributed by atoms with Crippen molar-refractivity contribution >= 4 is 18.4 Å². The van der Waals surface area contributed by atoms with E-state index in [0.717, 1.165) is 6.42 Å². The summed E-state index contributed by atoms with van der Waals surface area (Å²) < 4.78 is 5.08. The molecule has 0 radical (unpaired) electrons. The number of piperidine rings is 1. The van der Waals surface area contributed by atoms with Gasteiger partial charge in [0.1, 0.15) is 0 Å². The highest BCUT2D eigenvalue weighted by molar-refractivity contribution is 5.85. The highest BCUT2D eigenvalue weighted by atomic mass is 35.5. The third-order valence-corrected chi connectivity index (χ3v) is 2.98. The molecule has 4 heteroatoms. The molecule has 0 aromatic heterocycles. The first kappa shape index (κ1) is 14.7. The molecular formula is C11H22ClNO2. The maximum Gasteiger partial charge on any atom is 0.310 e. The van der Waals surface area contributed by atoms with E-state index in [1.54, 1.807) is 0 Å². The fraction of sp³-hybridized carbons (Fsp3) is 0.909. The Balaban J connectivity index is 0.00000196. The molecule has 0 saturated carbocycles. The Kier molecular flexibility index (Phi) is 6.22. The van der Waals surface area contributed by atoms with Crippen LogP contribution in [0.2, 0.25) is 0 Å². The van der Waals surface area contributed by atoms with E-state index >= 15 is 0 Å². The summed E-state index contributed by atoms with van der Waals surface area (Å²) in [6.07, 6.45) is 1.05. The van der Waals surface area contributed by atoms with Gasteiger partial charge in [-0.1, -0.05) is 6.92 Å². The largest absolute Gasteiger partial charge is 0.466 e. The zero-order valence-electron chi connectivity index (χ0n) is 9.95. The summed E-state index contributed by atoms with van der Waals surface area (Å²) in [6, 6.07) is 0.735. The first-order valence-electron chi connectivity index (χ1n) is 5.49. The molecule has 0 spiro atoms. The molecule has 0 aromatic carbocycles. The quantitative estimate of drug-likeness (QED) is 0.744. The van der Waals surface area contributed by atoms with Gasteiger partial charge in [-0.2, -0.15) is 0 Å². The smallest absolute Gasteiger partial charge is 0.310 e. The molecule has 0 bridgehead atoms. The lowest BCUT2D eigenvalue weighted by atomic mass is 9.80. The van der Waals surface area contributed by atoms with Crippen LogP contribution in [0.25, 0.3) is 0 Å². The lowest BCUT2D eigenvalue weighted by molar-refractivity contribution is -0.152. The van der Waals surface area contributed by atoms with E-state index in [2.05, 4.69) is 26.1 Å². The second kappa shape index (κ2) is 6.33. The van der Waals surface area contributed by atoms with Crippen LogP contribution >= 0.6 is 12.4 Å². The summed E-state index contributed by atoms with van der Waals surface area (Å²) >= 11 is 0. The average Bonchev–Trinajstić information content (AvgIpc) is 2.01. The molecule has 1 rings (SSSR count). The van der Waals surface area contributed by atoms with Gasteiger partial charge in [-0.25, -0.2) is 0 Å². The van der Waals surface area contributed by atoms with Crippen molar-refractivity contribution in [3.8, 4) is 0 Å². The van der Waals surface area contributed by atoms with Crippen LogP contribution in [-0.2, 0) is 9.53 Å². The highest BCUT2D eigenvalue weighted by Gasteiger charge is 2.36. The SMILES string of the molecule is CCOC(=O)C1C(C)CC(C)NC1C.Cl. The molecule has 1 aliphatic rings. The van der Waals surface area contributed by atoms with E-state index in [4.69, 9.17) is 4.74 Å². The molecular weight excluding hydrogens is 214 g/mol. The Morgan fingerprint density at radius 2 is 2.00 bits per heavy atom. The Hall–Kier alpha value is -0.280. The summed E-state index contributed by atoms with van der Waals surface area (Å²) in [7, 11) is 0. The monoisotopic (exact) mass is 235 g/mol. The normalized spacial score (nSPS) is 35.5. The molecule has 4 atom stereocenters. The average molecular weight is 236 g/mol. The number of carbonyl (C=O) groups is 1. The van der Waals surface area contributed by atoms with Crippen LogP contribution in [-0.4, -0.2) is 24.7 Å². The third kappa shape index (κ3) is 3.65. The maximum atomic E-state index is 11.7. The number of halogens is 1. The van der Waals surface area contributed by atoms with E-state index in [9.17, 15) is 4.79 Å². The molecule has 0 aromatic rings. The number of ether oxygens (including phenoxy) is 1. The minimum Gasteiger partial charge on any atom is -0.466 e. The maximum absolute atomic E-state index is 11.7. The van der Waals surface area contributed by atoms with Crippen LogP contribution < -0.4 is 5.32 Å². The van der Waals surface area contributed by atoms with E-state index in [1.807, 2.05) is 6.92 Å². The summed E-state index contributed by atoms with van der Waals surface area (Å²) in [5.74, 6) is 0.387. The predicted molar refractivity (Wildman–Crippen MR) is 63.2 cm³/mol. The molecule has 0 aliphatic carbocycles. The second-order valence-corrected chi connectivity index (χ2v) is 4.35. The Labute approximate surface area is 98.4 Å².